The second-order valence-electron chi connectivity index (χ2n) is 21.5. The van der Waals surface area contributed by atoms with Crippen LogP contribution in [0.3, 0.4) is 0 Å². The van der Waals surface area contributed by atoms with Gasteiger partial charge in [0.05, 0.1) is 0 Å². The third-order valence-electron chi connectivity index (χ3n) is 14.0. The minimum Gasteiger partial charge on any atom is -0.462 e. The molecular formula is C61H118O6. The Morgan fingerprint density at radius 2 is 0.493 bits per heavy atom. The van der Waals surface area contributed by atoms with Crippen LogP contribution in [0.4, 0.5) is 0 Å². The first-order valence-corrected chi connectivity index (χ1v) is 30.4. The van der Waals surface area contributed by atoms with E-state index in [1.807, 2.05) is 0 Å². The van der Waals surface area contributed by atoms with Crippen molar-refractivity contribution < 1.29 is 28.6 Å². The van der Waals surface area contributed by atoms with Crippen LogP contribution in [0.1, 0.15) is 349 Å². The smallest absolute Gasteiger partial charge is 0.306 e. The molecule has 0 aliphatic heterocycles. The fourth-order valence-corrected chi connectivity index (χ4v) is 9.46. The molecule has 6 heteroatoms. The molecule has 0 rings (SSSR count). The summed E-state index contributed by atoms with van der Waals surface area (Å²) in [7, 11) is 0. The van der Waals surface area contributed by atoms with E-state index in [2.05, 4.69) is 27.7 Å². The molecule has 0 aliphatic carbocycles. The Hall–Kier alpha value is -1.59. The maximum absolute atomic E-state index is 12.9. The summed E-state index contributed by atoms with van der Waals surface area (Å²) in [4.78, 5) is 38.2. The van der Waals surface area contributed by atoms with Gasteiger partial charge in [-0.2, -0.15) is 0 Å². The van der Waals surface area contributed by atoms with Crippen LogP contribution >= 0.6 is 0 Å². The van der Waals surface area contributed by atoms with Crippen molar-refractivity contribution in [3.8, 4) is 0 Å². The Morgan fingerprint density at radius 3 is 0.731 bits per heavy atom. The van der Waals surface area contributed by atoms with Gasteiger partial charge in [0.25, 0.3) is 0 Å². The zero-order valence-corrected chi connectivity index (χ0v) is 45.9. The van der Waals surface area contributed by atoms with Gasteiger partial charge in [-0.25, -0.2) is 0 Å². The summed E-state index contributed by atoms with van der Waals surface area (Å²) in [6.45, 7) is 9.08. The minimum atomic E-state index is -0.762. The molecule has 0 fully saturated rings. The lowest BCUT2D eigenvalue weighted by molar-refractivity contribution is -0.167. The van der Waals surface area contributed by atoms with Gasteiger partial charge in [-0.3, -0.25) is 14.4 Å². The largest absolute Gasteiger partial charge is 0.462 e. The summed E-state index contributed by atoms with van der Waals surface area (Å²) in [5.74, 6) is 0.00877. The van der Waals surface area contributed by atoms with Crippen LogP contribution in [0.5, 0.6) is 0 Å². The molecule has 0 radical (unpaired) electrons. The summed E-state index contributed by atoms with van der Waals surface area (Å²) in [5.41, 5.74) is 0. The fraction of sp³-hybridized carbons (Fsp3) is 0.951. The van der Waals surface area contributed by atoms with Gasteiger partial charge in [0.1, 0.15) is 13.2 Å². The zero-order chi connectivity index (χ0) is 48.8. The van der Waals surface area contributed by atoms with E-state index in [1.54, 1.807) is 0 Å². The van der Waals surface area contributed by atoms with E-state index in [0.717, 1.165) is 63.7 Å². The van der Waals surface area contributed by atoms with Crippen LogP contribution < -0.4 is 0 Å². The van der Waals surface area contributed by atoms with Crippen molar-refractivity contribution in [2.24, 2.45) is 5.92 Å². The number of rotatable bonds is 56. The van der Waals surface area contributed by atoms with E-state index >= 15 is 0 Å². The average Bonchev–Trinajstić information content (AvgIpc) is 3.31. The second kappa shape index (κ2) is 55.3. The number of ether oxygens (including phenoxy) is 3. The SMILES string of the molecule is CCCCCCCCCCCCCCCCCCCC(=O)O[C@@H](COC(=O)CCCCCCCCCCCCCCCCCC)COC(=O)CCCCCCCCCCCCCCCC(C)C. The lowest BCUT2D eigenvalue weighted by Gasteiger charge is -2.18. The van der Waals surface area contributed by atoms with Gasteiger partial charge < -0.3 is 14.2 Å². The third kappa shape index (κ3) is 55.2. The third-order valence-corrected chi connectivity index (χ3v) is 14.0. The number of carbonyl (C=O) groups is 3. The van der Waals surface area contributed by atoms with Gasteiger partial charge in [0.2, 0.25) is 0 Å². The summed E-state index contributed by atoms with van der Waals surface area (Å²) in [6.07, 6.45) is 60.9. The highest BCUT2D eigenvalue weighted by molar-refractivity contribution is 5.71. The molecule has 0 aromatic carbocycles. The topological polar surface area (TPSA) is 78.9 Å². The zero-order valence-electron chi connectivity index (χ0n) is 45.9. The second-order valence-corrected chi connectivity index (χ2v) is 21.5. The Labute approximate surface area is 418 Å². The maximum Gasteiger partial charge on any atom is 0.306 e. The lowest BCUT2D eigenvalue weighted by Crippen LogP contribution is -2.30. The van der Waals surface area contributed by atoms with Crippen molar-refractivity contribution in [2.45, 2.75) is 355 Å². The first kappa shape index (κ1) is 65.4. The predicted molar refractivity (Wildman–Crippen MR) is 289 cm³/mol. The first-order valence-electron chi connectivity index (χ1n) is 30.4. The molecule has 0 amide bonds. The molecule has 0 saturated carbocycles. The van der Waals surface area contributed by atoms with Crippen molar-refractivity contribution in [1.29, 1.82) is 0 Å². The Kier molecular flexibility index (Phi) is 54.0. The standard InChI is InChI=1S/C61H118O6/c1-5-7-9-11-13-15-17-19-21-23-25-29-34-38-42-46-50-54-61(64)67-58(55-65-59(62)52-48-44-40-36-32-28-24-22-20-18-16-14-12-10-8-6-2)56-66-60(63)53-49-45-41-37-33-30-26-27-31-35-39-43-47-51-57(3)4/h57-58H,5-56H2,1-4H3/t58-/m0/s1. The van der Waals surface area contributed by atoms with Gasteiger partial charge in [-0.1, -0.05) is 310 Å². The Bertz CT molecular complexity index is 1010. The van der Waals surface area contributed by atoms with E-state index < -0.39 is 6.10 Å². The molecule has 0 heterocycles. The molecule has 398 valence electrons. The van der Waals surface area contributed by atoms with Crippen molar-refractivity contribution in [3.05, 3.63) is 0 Å². The highest BCUT2D eigenvalue weighted by Gasteiger charge is 2.19. The van der Waals surface area contributed by atoms with Crippen LogP contribution in [-0.4, -0.2) is 37.2 Å². The highest BCUT2D eigenvalue weighted by atomic mass is 16.6. The summed E-state index contributed by atoms with van der Waals surface area (Å²) >= 11 is 0. The molecule has 0 aliphatic rings. The van der Waals surface area contributed by atoms with E-state index in [4.69, 9.17) is 14.2 Å². The van der Waals surface area contributed by atoms with Gasteiger partial charge in [-0.15, -0.1) is 0 Å². The van der Waals surface area contributed by atoms with Crippen molar-refractivity contribution in [3.63, 3.8) is 0 Å². The summed E-state index contributed by atoms with van der Waals surface area (Å²) in [6, 6.07) is 0. The fourth-order valence-electron chi connectivity index (χ4n) is 9.46. The quantitative estimate of drug-likeness (QED) is 0.0343. The molecule has 0 saturated heterocycles. The molecule has 67 heavy (non-hydrogen) atoms. The Morgan fingerprint density at radius 1 is 0.284 bits per heavy atom. The van der Waals surface area contributed by atoms with Crippen LogP contribution in [-0.2, 0) is 28.6 Å². The molecule has 0 unspecified atom stereocenters. The van der Waals surface area contributed by atoms with Crippen molar-refractivity contribution >= 4 is 17.9 Å². The molecule has 1 atom stereocenters. The maximum atomic E-state index is 12.9. The lowest BCUT2D eigenvalue weighted by atomic mass is 10.0. The predicted octanol–water partition coefficient (Wildman–Crippen LogP) is 20.2. The van der Waals surface area contributed by atoms with Crippen LogP contribution in [0.2, 0.25) is 0 Å². The molecule has 0 aromatic rings. The molecule has 6 nitrogen and oxygen atoms in total. The number of hydrogen-bond donors (Lipinski definition) is 0. The number of unbranched alkanes of at least 4 members (excludes halogenated alkanes) is 43. The molecule has 0 spiro atoms. The first-order chi connectivity index (χ1) is 32.9. The summed E-state index contributed by atoms with van der Waals surface area (Å²) in [5, 5.41) is 0. The monoisotopic (exact) mass is 947 g/mol. The molecule has 0 N–H and O–H groups in total. The van der Waals surface area contributed by atoms with Gasteiger partial charge in [-0.05, 0) is 25.2 Å². The van der Waals surface area contributed by atoms with Crippen LogP contribution in [0.15, 0.2) is 0 Å². The highest BCUT2D eigenvalue weighted by Crippen LogP contribution is 2.18. The van der Waals surface area contributed by atoms with E-state index in [0.29, 0.717) is 19.3 Å². The van der Waals surface area contributed by atoms with Gasteiger partial charge in [0.15, 0.2) is 6.10 Å². The Balaban J connectivity index is 4.29. The van der Waals surface area contributed by atoms with Gasteiger partial charge in [0, 0.05) is 19.3 Å². The minimum absolute atomic E-state index is 0.0615. The number of esters is 3. The number of carbonyl (C=O) groups excluding carboxylic acids is 3. The van der Waals surface area contributed by atoms with Gasteiger partial charge >= 0.3 is 17.9 Å². The van der Waals surface area contributed by atoms with E-state index in [1.165, 1.54) is 244 Å². The summed E-state index contributed by atoms with van der Waals surface area (Å²) < 4.78 is 16.9. The van der Waals surface area contributed by atoms with Crippen molar-refractivity contribution in [1.82, 2.24) is 0 Å². The van der Waals surface area contributed by atoms with Crippen molar-refractivity contribution in [2.75, 3.05) is 13.2 Å². The number of hydrogen-bond acceptors (Lipinski definition) is 6. The van der Waals surface area contributed by atoms with Crippen LogP contribution in [0.25, 0.3) is 0 Å². The normalized spacial score (nSPS) is 12.0. The molecule has 0 aromatic heterocycles. The van der Waals surface area contributed by atoms with Crippen LogP contribution in [0, 0.1) is 5.92 Å². The molecular weight excluding hydrogens is 829 g/mol. The molecule has 0 bridgehead atoms. The van der Waals surface area contributed by atoms with E-state index in [-0.39, 0.29) is 31.1 Å². The van der Waals surface area contributed by atoms with E-state index in [9.17, 15) is 14.4 Å². The average molecular weight is 948 g/mol.